The minimum absolute atomic E-state index is 0.861. The Balaban J connectivity index is 0.000000514. The minimum atomic E-state index is -6.00. The van der Waals surface area contributed by atoms with Crippen molar-refractivity contribution in [1.82, 2.24) is 0 Å². The summed E-state index contributed by atoms with van der Waals surface area (Å²) in [5, 5.41) is 4.87. The van der Waals surface area contributed by atoms with E-state index in [2.05, 4.69) is 121 Å². The molecule has 0 spiro atoms. The molecule has 0 radical (unpaired) electrons. The summed E-state index contributed by atoms with van der Waals surface area (Å²) in [6.45, 7) is 0. The fraction of sp³-hybridized carbons (Fsp3) is 0. The van der Waals surface area contributed by atoms with Crippen LogP contribution in [0.3, 0.4) is 0 Å². The molecule has 0 fully saturated rings. The normalized spacial score (nSPS) is 11.2. The van der Waals surface area contributed by atoms with Crippen molar-refractivity contribution < 1.29 is 21.7 Å². The Morgan fingerprint density at radius 3 is 1.24 bits per heavy atom. The number of fused-ring (bicyclic) bond motifs is 2. The van der Waals surface area contributed by atoms with E-state index in [1.165, 1.54) is 27.1 Å². The van der Waals surface area contributed by atoms with Gasteiger partial charge >= 0.3 is 18.8 Å². The first-order valence-electron chi connectivity index (χ1n) is 11.7. The predicted molar refractivity (Wildman–Crippen MR) is 145 cm³/mol. The van der Waals surface area contributed by atoms with Crippen LogP contribution in [-0.2, 0) is 0 Å². The summed E-state index contributed by atoms with van der Waals surface area (Å²) in [6, 6.07) is 44.6. The molecular formula is C31H21BF4O. The van der Waals surface area contributed by atoms with Crippen LogP contribution in [0.15, 0.2) is 132 Å². The quantitative estimate of drug-likeness (QED) is 0.135. The zero-order chi connectivity index (χ0) is 25.8. The molecule has 6 rings (SSSR count). The maximum absolute atomic E-state index is 9.75. The second-order valence-electron chi connectivity index (χ2n) is 8.56. The van der Waals surface area contributed by atoms with Crippen molar-refractivity contribution in [3.05, 3.63) is 127 Å². The lowest BCUT2D eigenvalue weighted by Crippen LogP contribution is -2.02. The van der Waals surface area contributed by atoms with Gasteiger partial charge in [-0.25, -0.2) is 4.42 Å². The highest BCUT2D eigenvalue weighted by molar-refractivity contribution is 6.50. The van der Waals surface area contributed by atoms with Gasteiger partial charge in [0.2, 0.25) is 0 Å². The van der Waals surface area contributed by atoms with Gasteiger partial charge in [0.25, 0.3) is 0 Å². The van der Waals surface area contributed by atoms with E-state index in [1.54, 1.807) is 0 Å². The first-order chi connectivity index (χ1) is 17.8. The Morgan fingerprint density at radius 2 is 0.784 bits per heavy atom. The molecule has 0 bridgehead atoms. The molecule has 182 valence electrons. The van der Waals surface area contributed by atoms with Crippen LogP contribution in [0.1, 0.15) is 0 Å². The Morgan fingerprint density at radius 1 is 0.378 bits per heavy atom. The molecule has 6 aromatic rings. The van der Waals surface area contributed by atoms with Gasteiger partial charge in [-0.05, 0) is 51.4 Å². The van der Waals surface area contributed by atoms with Crippen molar-refractivity contribution in [3.63, 3.8) is 0 Å². The molecular weight excluding hydrogens is 475 g/mol. The van der Waals surface area contributed by atoms with Crippen LogP contribution in [-0.4, -0.2) is 7.25 Å². The molecule has 0 amide bonds. The van der Waals surface area contributed by atoms with Gasteiger partial charge in [-0.15, -0.1) is 0 Å². The molecule has 0 saturated heterocycles. The molecule has 0 unspecified atom stereocenters. The van der Waals surface area contributed by atoms with Gasteiger partial charge in [-0.2, -0.15) is 0 Å². The van der Waals surface area contributed by atoms with Gasteiger partial charge in [0.05, 0.1) is 23.3 Å². The summed E-state index contributed by atoms with van der Waals surface area (Å²) < 4.78 is 45.5. The van der Waals surface area contributed by atoms with Crippen molar-refractivity contribution in [1.29, 1.82) is 0 Å². The standard InChI is InChI=1S/C31H21O.BF4/c1-2-8-22(9-3-1)29-20-30(27-16-14-23-10-4-6-12-25(23)18-27)32-31(21-29)28-17-15-24-11-5-7-13-26(24)19-28;2-1(3,4)5/h1-21H;/q+1;-1. The Labute approximate surface area is 211 Å². The van der Waals surface area contributed by atoms with E-state index >= 15 is 0 Å². The third-order valence-corrected chi connectivity index (χ3v) is 5.97. The Kier molecular flexibility index (Phi) is 6.73. The van der Waals surface area contributed by atoms with Crippen LogP contribution >= 0.6 is 0 Å². The van der Waals surface area contributed by atoms with Gasteiger partial charge < -0.3 is 17.3 Å². The summed E-state index contributed by atoms with van der Waals surface area (Å²) in [5.74, 6) is 1.72. The molecule has 0 aliphatic rings. The van der Waals surface area contributed by atoms with Crippen molar-refractivity contribution in [2.75, 3.05) is 0 Å². The van der Waals surface area contributed by atoms with E-state index in [9.17, 15) is 17.3 Å². The topological polar surface area (TPSA) is 11.3 Å². The number of hydrogen-bond acceptors (Lipinski definition) is 0. The van der Waals surface area contributed by atoms with Gasteiger partial charge in [0, 0.05) is 5.56 Å². The highest BCUT2D eigenvalue weighted by Crippen LogP contribution is 2.35. The van der Waals surface area contributed by atoms with E-state index in [1.807, 2.05) is 6.07 Å². The second-order valence-corrected chi connectivity index (χ2v) is 8.56. The molecule has 1 heterocycles. The molecule has 0 N–H and O–H groups in total. The van der Waals surface area contributed by atoms with Gasteiger partial charge in [0.1, 0.15) is 0 Å². The second kappa shape index (κ2) is 10.3. The van der Waals surface area contributed by atoms with Crippen LogP contribution < -0.4 is 0 Å². The number of rotatable bonds is 3. The molecule has 5 aromatic carbocycles. The molecule has 0 aliphatic carbocycles. The van der Waals surface area contributed by atoms with E-state index in [0.717, 1.165) is 28.2 Å². The van der Waals surface area contributed by atoms with Crippen LogP contribution in [0, 0.1) is 0 Å². The monoisotopic (exact) mass is 496 g/mol. The lowest BCUT2D eigenvalue weighted by Gasteiger charge is -2.04. The van der Waals surface area contributed by atoms with Crippen molar-refractivity contribution in [2.45, 2.75) is 0 Å². The maximum Gasteiger partial charge on any atom is 0.673 e. The van der Waals surface area contributed by atoms with Gasteiger partial charge in [-0.1, -0.05) is 91.0 Å². The molecule has 0 aliphatic heterocycles. The van der Waals surface area contributed by atoms with Crippen LogP contribution in [0.5, 0.6) is 0 Å². The van der Waals surface area contributed by atoms with E-state index in [-0.39, 0.29) is 0 Å². The molecule has 1 aromatic heterocycles. The molecule has 0 saturated carbocycles. The highest BCUT2D eigenvalue weighted by Gasteiger charge is 2.21. The van der Waals surface area contributed by atoms with E-state index in [0.29, 0.717) is 0 Å². The summed E-state index contributed by atoms with van der Waals surface area (Å²) >= 11 is 0. The maximum atomic E-state index is 9.75. The zero-order valence-electron chi connectivity index (χ0n) is 19.6. The largest absolute Gasteiger partial charge is 0.673 e. The van der Waals surface area contributed by atoms with Crippen LogP contribution in [0.25, 0.3) is 55.3 Å². The van der Waals surface area contributed by atoms with Crippen molar-refractivity contribution in [3.8, 4) is 33.8 Å². The van der Waals surface area contributed by atoms with Gasteiger partial charge in [-0.3, -0.25) is 0 Å². The highest BCUT2D eigenvalue weighted by atomic mass is 19.5. The molecule has 0 atom stereocenters. The van der Waals surface area contributed by atoms with Crippen molar-refractivity contribution in [2.24, 2.45) is 0 Å². The Hall–Kier alpha value is -4.45. The molecule has 37 heavy (non-hydrogen) atoms. The lowest BCUT2D eigenvalue weighted by atomic mass is 9.99. The van der Waals surface area contributed by atoms with Crippen molar-refractivity contribution >= 4 is 28.8 Å². The van der Waals surface area contributed by atoms with E-state index in [4.69, 9.17) is 4.42 Å². The van der Waals surface area contributed by atoms with Crippen LogP contribution in [0.2, 0.25) is 0 Å². The number of benzene rings is 5. The molecule has 1 nitrogen and oxygen atoms in total. The fourth-order valence-corrected chi connectivity index (χ4v) is 4.27. The first kappa shape index (κ1) is 24.3. The smallest absolute Gasteiger partial charge is 0.418 e. The summed E-state index contributed by atoms with van der Waals surface area (Å²) in [5.41, 5.74) is 4.46. The molecule has 6 heteroatoms. The summed E-state index contributed by atoms with van der Waals surface area (Å²) in [7, 11) is -6.00. The average Bonchev–Trinajstić information content (AvgIpc) is 2.92. The third kappa shape index (κ3) is 6.04. The zero-order valence-corrected chi connectivity index (χ0v) is 19.6. The number of halogens is 4. The van der Waals surface area contributed by atoms with Gasteiger partial charge in [0.15, 0.2) is 0 Å². The SMILES string of the molecule is F[B-](F)(F)F.c1ccc(-c2cc(-c3ccc4ccccc4c3)[o+]c(-c3ccc4ccccc4c3)c2)cc1. The van der Waals surface area contributed by atoms with E-state index < -0.39 is 7.25 Å². The minimum Gasteiger partial charge on any atom is -0.418 e. The predicted octanol–water partition coefficient (Wildman–Crippen LogP) is 10.2. The third-order valence-electron chi connectivity index (χ3n) is 5.97. The fourth-order valence-electron chi connectivity index (χ4n) is 4.27. The first-order valence-corrected chi connectivity index (χ1v) is 11.7. The lowest BCUT2D eigenvalue weighted by molar-refractivity contribution is 0.368. The Bertz CT molecular complexity index is 1580. The summed E-state index contributed by atoms with van der Waals surface area (Å²) in [6.07, 6.45) is 0. The van der Waals surface area contributed by atoms with Crippen LogP contribution in [0.4, 0.5) is 17.3 Å². The summed E-state index contributed by atoms with van der Waals surface area (Å²) in [4.78, 5) is 0. The average molecular weight is 496 g/mol. The number of hydrogen-bond donors (Lipinski definition) is 0.